The van der Waals surface area contributed by atoms with Crippen LogP contribution in [0.25, 0.3) is 0 Å². The summed E-state index contributed by atoms with van der Waals surface area (Å²) in [4.78, 5) is 2.15. The van der Waals surface area contributed by atoms with Gasteiger partial charge in [-0.05, 0) is 42.9 Å². The summed E-state index contributed by atoms with van der Waals surface area (Å²) in [7, 11) is 4.13. The second kappa shape index (κ2) is 7.69. The molecule has 0 saturated carbocycles. The van der Waals surface area contributed by atoms with Gasteiger partial charge in [0.25, 0.3) is 0 Å². The second-order valence-electron chi connectivity index (χ2n) is 5.82. The number of hydrogen-bond acceptors (Lipinski definition) is 5. The molecule has 2 heterocycles. The monoisotopic (exact) mass is 359 g/mol. The molecule has 1 aliphatic rings. The summed E-state index contributed by atoms with van der Waals surface area (Å²) in [6.07, 6.45) is 4.15. The van der Waals surface area contributed by atoms with Crippen LogP contribution in [-0.4, -0.2) is 48.0 Å². The van der Waals surface area contributed by atoms with E-state index < -0.39 is 0 Å². The molecule has 3 unspecified atom stereocenters. The molecule has 0 spiro atoms. The van der Waals surface area contributed by atoms with E-state index in [9.17, 15) is 0 Å². The van der Waals surface area contributed by atoms with Crippen LogP contribution in [0.2, 0.25) is 0 Å². The van der Waals surface area contributed by atoms with Crippen LogP contribution in [-0.2, 0) is 11.3 Å². The van der Waals surface area contributed by atoms with Crippen LogP contribution < -0.4 is 11.3 Å². The van der Waals surface area contributed by atoms with Gasteiger partial charge in [-0.25, -0.2) is 0 Å². The molecule has 120 valence electrons. The van der Waals surface area contributed by atoms with Crippen molar-refractivity contribution in [1.29, 1.82) is 0 Å². The van der Waals surface area contributed by atoms with Gasteiger partial charge in [-0.1, -0.05) is 6.92 Å². The van der Waals surface area contributed by atoms with Crippen LogP contribution >= 0.6 is 15.9 Å². The molecule has 1 aromatic heterocycles. The van der Waals surface area contributed by atoms with Crippen LogP contribution in [0.15, 0.2) is 10.7 Å². The van der Waals surface area contributed by atoms with Crippen molar-refractivity contribution in [2.24, 2.45) is 11.8 Å². The molecule has 0 bridgehead atoms. The van der Waals surface area contributed by atoms with E-state index in [0.717, 1.165) is 42.7 Å². The Hall–Kier alpha value is -0.470. The average Bonchev–Trinajstić information content (AvgIpc) is 3.06. The van der Waals surface area contributed by atoms with Gasteiger partial charge in [0.2, 0.25) is 0 Å². The van der Waals surface area contributed by atoms with Gasteiger partial charge >= 0.3 is 0 Å². The lowest BCUT2D eigenvalue weighted by molar-refractivity contribution is 0.0762. The molecule has 0 aromatic carbocycles. The highest BCUT2D eigenvalue weighted by Crippen LogP contribution is 2.37. The molecule has 3 N–H and O–H groups in total. The van der Waals surface area contributed by atoms with Gasteiger partial charge in [0.1, 0.15) is 0 Å². The number of halogens is 1. The zero-order valence-electron chi connectivity index (χ0n) is 13.1. The molecule has 7 heteroatoms. The Kier molecular flexibility index (Phi) is 6.19. The minimum absolute atomic E-state index is 0.0523. The molecule has 2 rings (SSSR count). The Morgan fingerprint density at radius 1 is 1.62 bits per heavy atom. The summed E-state index contributed by atoms with van der Waals surface area (Å²) in [5.74, 6) is 6.26. The van der Waals surface area contributed by atoms with E-state index in [1.165, 1.54) is 0 Å². The second-order valence-corrected chi connectivity index (χ2v) is 6.67. The SMILES string of the molecule is CCC1OCCC1C(NN)c1c(Br)cnn1CCN(C)C. The third kappa shape index (κ3) is 3.84. The van der Waals surface area contributed by atoms with Crippen molar-refractivity contribution in [3.05, 3.63) is 16.4 Å². The van der Waals surface area contributed by atoms with Gasteiger partial charge in [0, 0.05) is 19.1 Å². The topological polar surface area (TPSA) is 68.3 Å². The first-order valence-electron chi connectivity index (χ1n) is 7.52. The Morgan fingerprint density at radius 2 is 2.38 bits per heavy atom. The Balaban J connectivity index is 2.22. The van der Waals surface area contributed by atoms with Crippen molar-refractivity contribution in [1.82, 2.24) is 20.1 Å². The molecule has 1 aromatic rings. The average molecular weight is 360 g/mol. The predicted octanol–water partition coefficient (Wildman–Crippen LogP) is 1.53. The standard InChI is InChI=1S/C14H26BrN5O/c1-4-12-10(5-8-21-12)13(18-16)14-11(15)9-17-20(14)7-6-19(2)3/h9-10,12-13,18H,4-8,16H2,1-3H3. The third-order valence-corrected chi connectivity index (χ3v) is 4.77. The molecule has 1 fully saturated rings. The highest BCUT2D eigenvalue weighted by molar-refractivity contribution is 9.10. The summed E-state index contributed by atoms with van der Waals surface area (Å²) >= 11 is 3.62. The molecule has 6 nitrogen and oxygen atoms in total. The quantitative estimate of drug-likeness (QED) is 0.570. The first kappa shape index (κ1) is 16.9. The van der Waals surface area contributed by atoms with Crippen molar-refractivity contribution < 1.29 is 4.74 Å². The van der Waals surface area contributed by atoms with E-state index in [2.05, 4.69) is 52.4 Å². The fourth-order valence-electron chi connectivity index (χ4n) is 3.03. The number of likely N-dealkylation sites (N-methyl/N-ethyl adjacent to an activating group) is 1. The number of nitrogens with two attached hydrogens (primary N) is 1. The van der Waals surface area contributed by atoms with Gasteiger partial charge < -0.3 is 9.64 Å². The van der Waals surface area contributed by atoms with Crippen LogP contribution in [0, 0.1) is 5.92 Å². The molecule has 3 atom stereocenters. The summed E-state index contributed by atoms with van der Waals surface area (Å²) in [6.45, 7) is 4.76. The van der Waals surface area contributed by atoms with E-state index >= 15 is 0 Å². The summed E-state index contributed by atoms with van der Waals surface area (Å²) < 4.78 is 8.87. The number of nitrogens with zero attached hydrogens (tertiary/aromatic N) is 3. The van der Waals surface area contributed by atoms with E-state index in [1.54, 1.807) is 0 Å². The number of nitrogens with one attached hydrogen (secondary N) is 1. The number of hydrazine groups is 1. The van der Waals surface area contributed by atoms with Gasteiger partial charge in [0.05, 0.1) is 35.1 Å². The third-order valence-electron chi connectivity index (χ3n) is 4.16. The molecule has 0 amide bonds. The highest BCUT2D eigenvalue weighted by Gasteiger charge is 2.36. The fourth-order valence-corrected chi connectivity index (χ4v) is 3.57. The first-order valence-corrected chi connectivity index (χ1v) is 8.31. The normalized spacial score (nSPS) is 23.9. The summed E-state index contributed by atoms with van der Waals surface area (Å²) in [5.41, 5.74) is 4.11. The predicted molar refractivity (Wildman–Crippen MR) is 86.7 cm³/mol. The van der Waals surface area contributed by atoms with Crippen LogP contribution in [0.5, 0.6) is 0 Å². The van der Waals surface area contributed by atoms with Crippen LogP contribution in [0.3, 0.4) is 0 Å². The van der Waals surface area contributed by atoms with Crippen molar-refractivity contribution in [2.45, 2.75) is 38.5 Å². The zero-order valence-corrected chi connectivity index (χ0v) is 14.6. The van der Waals surface area contributed by atoms with E-state index in [-0.39, 0.29) is 12.1 Å². The van der Waals surface area contributed by atoms with Crippen molar-refractivity contribution in [3.8, 4) is 0 Å². The fraction of sp³-hybridized carbons (Fsp3) is 0.786. The number of hydrogen-bond donors (Lipinski definition) is 2. The Bertz CT molecular complexity index is 451. The molecular weight excluding hydrogens is 334 g/mol. The Morgan fingerprint density at radius 3 is 3.00 bits per heavy atom. The van der Waals surface area contributed by atoms with E-state index in [0.29, 0.717) is 5.92 Å². The smallest absolute Gasteiger partial charge is 0.0713 e. The lowest BCUT2D eigenvalue weighted by Gasteiger charge is -2.28. The molecule has 1 saturated heterocycles. The molecule has 1 aliphatic heterocycles. The van der Waals surface area contributed by atoms with Crippen LogP contribution in [0.1, 0.15) is 31.5 Å². The minimum atomic E-state index is 0.0523. The van der Waals surface area contributed by atoms with Gasteiger partial charge in [-0.15, -0.1) is 0 Å². The van der Waals surface area contributed by atoms with Gasteiger partial charge in [-0.2, -0.15) is 5.10 Å². The lowest BCUT2D eigenvalue weighted by Crippen LogP contribution is -2.38. The summed E-state index contributed by atoms with van der Waals surface area (Å²) in [6, 6.07) is 0.0523. The van der Waals surface area contributed by atoms with E-state index in [4.69, 9.17) is 10.6 Å². The maximum absolute atomic E-state index is 5.88. The molecular formula is C14H26BrN5O. The van der Waals surface area contributed by atoms with Crippen molar-refractivity contribution in [3.63, 3.8) is 0 Å². The lowest BCUT2D eigenvalue weighted by atomic mass is 9.89. The van der Waals surface area contributed by atoms with Gasteiger partial charge in [-0.3, -0.25) is 16.0 Å². The molecule has 21 heavy (non-hydrogen) atoms. The maximum Gasteiger partial charge on any atom is 0.0713 e. The molecule has 0 aliphatic carbocycles. The van der Waals surface area contributed by atoms with Crippen molar-refractivity contribution >= 4 is 15.9 Å². The minimum Gasteiger partial charge on any atom is -0.378 e. The Labute approximate surface area is 135 Å². The van der Waals surface area contributed by atoms with E-state index in [1.807, 2.05) is 10.9 Å². The maximum atomic E-state index is 5.88. The van der Waals surface area contributed by atoms with Crippen molar-refractivity contribution in [2.75, 3.05) is 27.2 Å². The van der Waals surface area contributed by atoms with Crippen LogP contribution in [0.4, 0.5) is 0 Å². The number of ether oxygens (including phenoxy) is 1. The zero-order chi connectivity index (χ0) is 15.4. The largest absolute Gasteiger partial charge is 0.378 e. The first-order chi connectivity index (χ1) is 10.1. The number of aromatic nitrogens is 2. The summed E-state index contributed by atoms with van der Waals surface area (Å²) in [5, 5.41) is 4.49. The molecule has 0 radical (unpaired) electrons. The number of rotatable bonds is 7. The van der Waals surface area contributed by atoms with Gasteiger partial charge in [0.15, 0.2) is 0 Å². The highest BCUT2D eigenvalue weighted by atomic mass is 79.9.